The summed E-state index contributed by atoms with van der Waals surface area (Å²) in [4.78, 5) is 0. The molecule has 1 aromatic carbocycles. The summed E-state index contributed by atoms with van der Waals surface area (Å²) in [5, 5.41) is 3.53. The first-order valence-corrected chi connectivity index (χ1v) is 6.96. The van der Waals surface area contributed by atoms with E-state index in [0.29, 0.717) is 6.04 Å². The normalized spacial score (nSPS) is 12.7. The summed E-state index contributed by atoms with van der Waals surface area (Å²) in [6, 6.07) is 6.96. The van der Waals surface area contributed by atoms with Crippen LogP contribution in [0.4, 0.5) is 0 Å². The fraction of sp³-hybridized carbons (Fsp3) is 0.571. The lowest BCUT2D eigenvalue weighted by molar-refractivity contribution is 0.189. The molecule has 0 amide bonds. The lowest BCUT2D eigenvalue weighted by Crippen LogP contribution is -2.21. The minimum Gasteiger partial charge on any atom is -0.385 e. The van der Waals surface area contributed by atoms with E-state index in [9.17, 15) is 0 Å². The molecular weight excluding hydrogens is 278 g/mol. The van der Waals surface area contributed by atoms with Crippen molar-refractivity contribution in [3.63, 3.8) is 0 Å². The number of methoxy groups -OCH3 is 1. The minimum atomic E-state index is 0.408. The first-order chi connectivity index (χ1) is 8.19. The summed E-state index contributed by atoms with van der Waals surface area (Å²) in [6.45, 7) is 6.07. The van der Waals surface area contributed by atoms with E-state index in [4.69, 9.17) is 4.74 Å². The summed E-state index contributed by atoms with van der Waals surface area (Å²) in [5.74, 6) is 0. The fourth-order valence-electron chi connectivity index (χ4n) is 1.96. The second-order valence-electron chi connectivity index (χ2n) is 4.27. The summed E-state index contributed by atoms with van der Waals surface area (Å²) >= 11 is 3.66. The number of ether oxygens (including phenoxy) is 1. The van der Waals surface area contributed by atoms with Crippen molar-refractivity contribution in [2.45, 2.75) is 32.7 Å². The van der Waals surface area contributed by atoms with E-state index >= 15 is 0 Å². The van der Waals surface area contributed by atoms with Gasteiger partial charge < -0.3 is 10.1 Å². The van der Waals surface area contributed by atoms with Crippen molar-refractivity contribution < 1.29 is 4.74 Å². The SMILES string of the molecule is CCNC(CCCOC)c1ccc(C)cc1Br. The van der Waals surface area contributed by atoms with Crippen LogP contribution < -0.4 is 5.32 Å². The quantitative estimate of drug-likeness (QED) is 0.773. The van der Waals surface area contributed by atoms with Crippen LogP contribution >= 0.6 is 15.9 Å². The van der Waals surface area contributed by atoms with Crippen molar-refractivity contribution in [1.82, 2.24) is 5.32 Å². The Kier molecular flexibility index (Phi) is 6.78. The average Bonchev–Trinajstić information content (AvgIpc) is 2.28. The Labute approximate surface area is 113 Å². The van der Waals surface area contributed by atoms with Gasteiger partial charge in [-0.05, 0) is 43.5 Å². The zero-order valence-corrected chi connectivity index (χ0v) is 12.5. The number of hydrogen-bond acceptors (Lipinski definition) is 2. The molecule has 1 unspecified atom stereocenters. The molecule has 0 aliphatic heterocycles. The summed E-state index contributed by atoms with van der Waals surface area (Å²) in [7, 11) is 1.75. The van der Waals surface area contributed by atoms with Crippen molar-refractivity contribution in [1.29, 1.82) is 0 Å². The molecule has 1 atom stereocenters. The number of aryl methyl sites for hydroxylation is 1. The van der Waals surface area contributed by atoms with Crippen LogP contribution in [0.15, 0.2) is 22.7 Å². The van der Waals surface area contributed by atoms with Crippen LogP contribution in [0.2, 0.25) is 0 Å². The van der Waals surface area contributed by atoms with Gasteiger partial charge in [-0.1, -0.05) is 35.0 Å². The monoisotopic (exact) mass is 299 g/mol. The van der Waals surface area contributed by atoms with Gasteiger partial charge in [0.2, 0.25) is 0 Å². The standard InChI is InChI=1S/C14H22BrNO/c1-4-16-14(6-5-9-17-3)12-8-7-11(2)10-13(12)15/h7-8,10,14,16H,4-6,9H2,1-3H3. The maximum atomic E-state index is 5.12. The lowest BCUT2D eigenvalue weighted by Gasteiger charge is -2.20. The number of nitrogens with one attached hydrogen (secondary N) is 1. The molecule has 1 aromatic rings. The molecule has 0 saturated carbocycles. The molecule has 0 spiro atoms. The second-order valence-corrected chi connectivity index (χ2v) is 5.12. The summed E-state index contributed by atoms with van der Waals surface area (Å²) < 4.78 is 6.31. The van der Waals surface area contributed by atoms with Gasteiger partial charge in [0.25, 0.3) is 0 Å². The van der Waals surface area contributed by atoms with Crippen molar-refractivity contribution in [2.75, 3.05) is 20.3 Å². The first-order valence-electron chi connectivity index (χ1n) is 6.17. The van der Waals surface area contributed by atoms with Crippen molar-refractivity contribution >= 4 is 15.9 Å². The van der Waals surface area contributed by atoms with Gasteiger partial charge in [0.15, 0.2) is 0 Å². The molecule has 0 saturated heterocycles. The Morgan fingerprint density at radius 1 is 1.41 bits per heavy atom. The number of rotatable bonds is 7. The van der Waals surface area contributed by atoms with Gasteiger partial charge in [0.1, 0.15) is 0 Å². The van der Waals surface area contributed by atoms with Crippen LogP contribution in [-0.2, 0) is 4.74 Å². The van der Waals surface area contributed by atoms with Crippen molar-refractivity contribution in [2.24, 2.45) is 0 Å². The molecular formula is C14H22BrNO. The third-order valence-corrected chi connectivity index (χ3v) is 3.51. The molecule has 3 heteroatoms. The van der Waals surface area contributed by atoms with Gasteiger partial charge in [-0.15, -0.1) is 0 Å². The number of benzene rings is 1. The number of hydrogen-bond donors (Lipinski definition) is 1. The van der Waals surface area contributed by atoms with E-state index in [1.807, 2.05) is 0 Å². The van der Waals surface area contributed by atoms with Crippen LogP contribution in [0.25, 0.3) is 0 Å². The molecule has 0 radical (unpaired) electrons. The topological polar surface area (TPSA) is 21.3 Å². The van der Waals surface area contributed by atoms with Crippen LogP contribution in [0, 0.1) is 6.92 Å². The van der Waals surface area contributed by atoms with E-state index in [-0.39, 0.29) is 0 Å². The van der Waals surface area contributed by atoms with Crippen LogP contribution in [0.3, 0.4) is 0 Å². The molecule has 0 aliphatic rings. The van der Waals surface area contributed by atoms with Crippen molar-refractivity contribution in [3.8, 4) is 0 Å². The van der Waals surface area contributed by atoms with Gasteiger partial charge >= 0.3 is 0 Å². The lowest BCUT2D eigenvalue weighted by atomic mass is 10.0. The third kappa shape index (κ3) is 4.78. The van der Waals surface area contributed by atoms with E-state index in [2.05, 4.69) is 53.3 Å². The minimum absolute atomic E-state index is 0.408. The Hall–Kier alpha value is -0.380. The molecule has 0 aliphatic carbocycles. The predicted molar refractivity (Wildman–Crippen MR) is 76.4 cm³/mol. The third-order valence-electron chi connectivity index (χ3n) is 2.82. The smallest absolute Gasteiger partial charge is 0.0462 e. The van der Waals surface area contributed by atoms with Crippen LogP contribution in [0.1, 0.15) is 36.9 Å². The molecule has 0 bridgehead atoms. The molecule has 0 heterocycles. The van der Waals surface area contributed by atoms with E-state index in [1.54, 1.807) is 7.11 Å². The Balaban J connectivity index is 2.74. The average molecular weight is 300 g/mol. The zero-order chi connectivity index (χ0) is 12.7. The molecule has 2 nitrogen and oxygen atoms in total. The van der Waals surface area contributed by atoms with Gasteiger partial charge in [0, 0.05) is 24.2 Å². The highest BCUT2D eigenvalue weighted by Crippen LogP contribution is 2.27. The molecule has 1 N–H and O–H groups in total. The van der Waals surface area contributed by atoms with E-state index < -0.39 is 0 Å². The van der Waals surface area contributed by atoms with Crippen LogP contribution in [0.5, 0.6) is 0 Å². The summed E-state index contributed by atoms with van der Waals surface area (Å²) in [6.07, 6.45) is 2.18. The zero-order valence-electron chi connectivity index (χ0n) is 10.9. The Morgan fingerprint density at radius 3 is 2.76 bits per heavy atom. The molecule has 17 heavy (non-hydrogen) atoms. The largest absolute Gasteiger partial charge is 0.385 e. The Bertz CT molecular complexity index is 341. The summed E-state index contributed by atoms with van der Waals surface area (Å²) in [5.41, 5.74) is 2.63. The first kappa shape index (κ1) is 14.7. The fourth-order valence-corrected chi connectivity index (χ4v) is 2.73. The maximum absolute atomic E-state index is 5.12. The number of halogens is 1. The molecule has 0 aromatic heterocycles. The molecule has 96 valence electrons. The molecule has 1 rings (SSSR count). The van der Waals surface area contributed by atoms with Gasteiger partial charge in [0.05, 0.1) is 0 Å². The maximum Gasteiger partial charge on any atom is 0.0462 e. The van der Waals surface area contributed by atoms with Crippen molar-refractivity contribution in [3.05, 3.63) is 33.8 Å². The van der Waals surface area contributed by atoms with E-state index in [0.717, 1.165) is 26.0 Å². The molecule has 0 fully saturated rings. The highest BCUT2D eigenvalue weighted by molar-refractivity contribution is 9.10. The highest BCUT2D eigenvalue weighted by atomic mass is 79.9. The van der Waals surface area contributed by atoms with Gasteiger partial charge in [-0.2, -0.15) is 0 Å². The van der Waals surface area contributed by atoms with Crippen LogP contribution in [-0.4, -0.2) is 20.3 Å². The van der Waals surface area contributed by atoms with Gasteiger partial charge in [-0.3, -0.25) is 0 Å². The van der Waals surface area contributed by atoms with Gasteiger partial charge in [-0.25, -0.2) is 0 Å². The second kappa shape index (κ2) is 7.85. The van der Waals surface area contributed by atoms with E-state index in [1.165, 1.54) is 15.6 Å². The predicted octanol–water partition coefficient (Wildman–Crippen LogP) is 3.83. The highest BCUT2D eigenvalue weighted by Gasteiger charge is 2.12. The Morgan fingerprint density at radius 2 is 2.18 bits per heavy atom.